The minimum absolute atomic E-state index is 0.119. The van der Waals surface area contributed by atoms with Crippen LogP contribution >= 0.6 is 11.8 Å². The van der Waals surface area contributed by atoms with Crippen molar-refractivity contribution in [2.24, 2.45) is 4.99 Å². The number of carbonyl (C=O) groups is 2. The molecule has 1 N–H and O–H groups in total. The monoisotopic (exact) mass is 608 g/mol. The smallest absolute Gasteiger partial charge is 0.406 e. The zero-order valence-electron chi connectivity index (χ0n) is 23.5. The summed E-state index contributed by atoms with van der Waals surface area (Å²) in [6.07, 6.45) is -2.78. The summed E-state index contributed by atoms with van der Waals surface area (Å²) in [5.41, 5.74) is 5.90. The van der Waals surface area contributed by atoms with Gasteiger partial charge in [0, 0.05) is 12.1 Å². The molecule has 0 saturated carbocycles. The van der Waals surface area contributed by atoms with Crippen LogP contribution in [-0.4, -0.2) is 50.5 Å². The number of amidine groups is 1. The lowest BCUT2D eigenvalue weighted by atomic mass is 10.0. The lowest BCUT2D eigenvalue weighted by molar-refractivity contribution is -0.274. The second kappa shape index (κ2) is 12.3. The fourth-order valence-corrected chi connectivity index (χ4v) is 5.67. The number of aromatic nitrogens is 3. The summed E-state index contributed by atoms with van der Waals surface area (Å²) >= 11 is 1.23. The number of aliphatic imine (C=N–C) groups is 1. The number of rotatable bonds is 7. The maximum atomic E-state index is 12.7. The highest BCUT2D eigenvalue weighted by molar-refractivity contribution is 8.15. The van der Waals surface area contributed by atoms with Crippen molar-refractivity contribution in [3.63, 3.8) is 0 Å². The van der Waals surface area contributed by atoms with Crippen LogP contribution in [0.3, 0.4) is 0 Å². The molecule has 13 heteroatoms. The fraction of sp³-hybridized carbons (Fsp3) is 0.233. The Bertz CT molecular complexity index is 1680. The van der Waals surface area contributed by atoms with Crippen LogP contribution in [0.15, 0.2) is 72.0 Å². The van der Waals surface area contributed by atoms with Crippen LogP contribution in [0.1, 0.15) is 22.3 Å². The number of carbonyl (C=O) groups excluding carboxylic acids is 2. The highest BCUT2D eigenvalue weighted by Crippen LogP contribution is 2.33. The van der Waals surface area contributed by atoms with Crippen LogP contribution in [0.4, 0.5) is 23.7 Å². The predicted molar refractivity (Wildman–Crippen MR) is 159 cm³/mol. The maximum Gasteiger partial charge on any atom is 0.573 e. The topological polar surface area (TPSA) is 102 Å². The molecule has 1 fully saturated rings. The van der Waals surface area contributed by atoms with E-state index in [1.165, 1.54) is 51.9 Å². The molecule has 1 aliphatic heterocycles. The van der Waals surface area contributed by atoms with Gasteiger partial charge in [0.15, 0.2) is 11.0 Å². The van der Waals surface area contributed by atoms with Crippen molar-refractivity contribution in [2.45, 2.75) is 33.6 Å². The van der Waals surface area contributed by atoms with E-state index in [0.29, 0.717) is 29.6 Å². The summed E-state index contributed by atoms with van der Waals surface area (Å²) < 4.78 is 42.6. The lowest BCUT2D eigenvalue weighted by Crippen LogP contribution is -2.32. The molecule has 43 heavy (non-hydrogen) atoms. The Balaban J connectivity index is 1.21. The van der Waals surface area contributed by atoms with Crippen LogP contribution in [0.2, 0.25) is 0 Å². The second-order valence-electron chi connectivity index (χ2n) is 9.90. The van der Waals surface area contributed by atoms with Crippen molar-refractivity contribution >= 4 is 34.6 Å². The molecule has 0 spiro atoms. The van der Waals surface area contributed by atoms with E-state index < -0.39 is 12.4 Å². The second-order valence-corrected chi connectivity index (χ2v) is 10.8. The number of nitrogens with one attached hydrogen (secondary N) is 1. The van der Waals surface area contributed by atoms with Crippen molar-refractivity contribution in [1.82, 2.24) is 20.1 Å². The number of urea groups is 1. The first kappa shape index (κ1) is 29.8. The zero-order valence-corrected chi connectivity index (χ0v) is 24.3. The quantitative estimate of drug-likeness (QED) is 0.270. The predicted octanol–water partition coefficient (Wildman–Crippen LogP) is 6.15. The molecule has 0 aliphatic carbocycles. The van der Waals surface area contributed by atoms with E-state index in [0.717, 1.165) is 33.5 Å². The van der Waals surface area contributed by atoms with Crippen molar-refractivity contribution in [1.29, 1.82) is 0 Å². The van der Waals surface area contributed by atoms with Crippen LogP contribution in [0.25, 0.3) is 17.1 Å². The first-order valence-electron chi connectivity index (χ1n) is 13.2. The standard InChI is InChI=1S/C30H27F3N6O3S/c1-18-13-19(2)26(20(3)14-18)39-25(40)16-43-29(39)36-28(41)34-12-11-21-5-4-6-22(15-21)27-35-17-38(37-27)23-7-9-24(10-8-23)42-30(31,32)33/h4-10,13-15,17H,11-12,16H2,1-3H3,(H,34,41). The van der Waals surface area contributed by atoms with Crippen LogP contribution in [0.5, 0.6) is 5.75 Å². The van der Waals surface area contributed by atoms with E-state index in [1.807, 2.05) is 57.2 Å². The van der Waals surface area contributed by atoms with Gasteiger partial charge in [0.1, 0.15) is 12.1 Å². The Kier molecular flexibility index (Phi) is 8.53. The third kappa shape index (κ3) is 7.23. The van der Waals surface area contributed by atoms with Gasteiger partial charge in [-0.1, -0.05) is 47.7 Å². The van der Waals surface area contributed by atoms with E-state index in [2.05, 4.69) is 25.1 Å². The highest BCUT2D eigenvalue weighted by atomic mass is 32.2. The van der Waals surface area contributed by atoms with E-state index in [-0.39, 0.29) is 17.4 Å². The minimum atomic E-state index is -4.76. The highest BCUT2D eigenvalue weighted by Gasteiger charge is 2.33. The molecule has 0 bridgehead atoms. The van der Waals surface area contributed by atoms with Gasteiger partial charge in [-0.05, 0) is 74.2 Å². The molecule has 1 saturated heterocycles. The summed E-state index contributed by atoms with van der Waals surface area (Å²) in [6, 6.07) is 16.3. The number of benzene rings is 3. The molecule has 222 valence electrons. The third-order valence-electron chi connectivity index (χ3n) is 6.52. The third-order valence-corrected chi connectivity index (χ3v) is 7.45. The summed E-state index contributed by atoms with van der Waals surface area (Å²) in [5.74, 6) is 0.198. The number of hydrogen-bond donors (Lipinski definition) is 1. The average Bonchev–Trinajstić information content (AvgIpc) is 3.56. The van der Waals surface area contributed by atoms with Gasteiger partial charge < -0.3 is 10.1 Å². The zero-order chi connectivity index (χ0) is 30.7. The van der Waals surface area contributed by atoms with Gasteiger partial charge in [-0.15, -0.1) is 18.3 Å². The molecule has 1 aliphatic rings. The molecule has 0 radical (unpaired) electrons. The van der Waals surface area contributed by atoms with Gasteiger partial charge in [0.05, 0.1) is 17.1 Å². The van der Waals surface area contributed by atoms with Gasteiger partial charge in [-0.2, -0.15) is 4.99 Å². The van der Waals surface area contributed by atoms with E-state index in [4.69, 9.17) is 0 Å². The molecule has 1 aromatic heterocycles. The van der Waals surface area contributed by atoms with Crippen molar-refractivity contribution in [2.75, 3.05) is 17.2 Å². The molecule has 2 heterocycles. The van der Waals surface area contributed by atoms with Crippen LogP contribution in [0, 0.1) is 20.8 Å². The van der Waals surface area contributed by atoms with Crippen molar-refractivity contribution < 1.29 is 27.5 Å². The van der Waals surface area contributed by atoms with Crippen molar-refractivity contribution in [3.05, 3.63) is 89.2 Å². The normalized spacial score (nSPS) is 14.4. The number of amides is 3. The van der Waals surface area contributed by atoms with E-state index >= 15 is 0 Å². The number of halogens is 3. The fourth-order valence-electron chi connectivity index (χ4n) is 4.82. The Morgan fingerprint density at radius 3 is 2.49 bits per heavy atom. The van der Waals surface area contributed by atoms with Crippen LogP contribution < -0.4 is 15.0 Å². The average molecular weight is 609 g/mol. The molecule has 9 nitrogen and oxygen atoms in total. The lowest BCUT2D eigenvalue weighted by Gasteiger charge is -2.21. The largest absolute Gasteiger partial charge is 0.573 e. The van der Waals surface area contributed by atoms with Gasteiger partial charge >= 0.3 is 12.4 Å². The molecular formula is C30H27F3N6O3S. The summed E-state index contributed by atoms with van der Waals surface area (Å²) in [7, 11) is 0. The summed E-state index contributed by atoms with van der Waals surface area (Å²) in [4.78, 5) is 35.4. The van der Waals surface area contributed by atoms with Gasteiger partial charge in [-0.25, -0.2) is 14.5 Å². The molecule has 4 aromatic rings. The number of aryl methyl sites for hydroxylation is 3. The first-order valence-corrected chi connectivity index (χ1v) is 14.2. The van der Waals surface area contributed by atoms with E-state index in [1.54, 1.807) is 0 Å². The minimum Gasteiger partial charge on any atom is -0.406 e. The molecule has 0 unspecified atom stereocenters. The number of alkyl halides is 3. The molecule has 0 atom stereocenters. The summed E-state index contributed by atoms with van der Waals surface area (Å²) in [5, 5.41) is 7.58. The number of nitrogens with zero attached hydrogens (tertiary/aromatic N) is 5. The van der Waals surface area contributed by atoms with Gasteiger partial charge in [-0.3, -0.25) is 9.69 Å². The molecular weight excluding hydrogens is 581 g/mol. The maximum absolute atomic E-state index is 12.7. The number of thioether (sulfide) groups is 1. The number of hydrogen-bond acceptors (Lipinski definition) is 6. The Hall–Kier alpha value is -4.65. The Labute approximate surface area is 249 Å². The Morgan fingerprint density at radius 1 is 1.07 bits per heavy atom. The number of anilines is 1. The Morgan fingerprint density at radius 2 is 1.79 bits per heavy atom. The molecule has 5 rings (SSSR count). The molecule has 3 amide bonds. The van der Waals surface area contributed by atoms with Gasteiger partial charge in [0.25, 0.3) is 0 Å². The molecule has 3 aromatic carbocycles. The van der Waals surface area contributed by atoms with Crippen LogP contribution in [-0.2, 0) is 11.2 Å². The summed E-state index contributed by atoms with van der Waals surface area (Å²) in [6.45, 7) is 6.18. The first-order chi connectivity index (χ1) is 20.5. The SMILES string of the molecule is Cc1cc(C)c(N2C(=O)CSC2=NC(=O)NCCc2cccc(-c3ncn(-c4ccc(OC(F)(F)F)cc4)n3)c2)c(C)c1. The van der Waals surface area contributed by atoms with E-state index in [9.17, 15) is 22.8 Å². The van der Waals surface area contributed by atoms with Gasteiger partial charge in [0.2, 0.25) is 5.91 Å². The number of ether oxygens (including phenoxy) is 1. The van der Waals surface area contributed by atoms with Crippen molar-refractivity contribution in [3.8, 4) is 22.8 Å².